The molecule has 1 aromatic heterocycles. The second-order valence-electron chi connectivity index (χ2n) is 7.64. The number of nitro benzene ring substituents is 1. The zero-order valence-electron chi connectivity index (χ0n) is 18.0. The first kappa shape index (κ1) is 22.6. The second kappa shape index (κ2) is 9.49. The number of hydrogen-bond acceptors (Lipinski definition) is 7. The van der Waals surface area contributed by atoms with E-state index in [0.29, 0.717) is 11.4 Å². The predicted molar refractivity (Wildman–Crippen MR) is 121 cm³/mol. The number of imide groups is 1. The SMILES string of the molecule is O=C1c2ccc([N+](=O)[O-])cc2C(=O)N1CCCC(=O)N(Cc1ccccn1)c1ccccc1O. The molecule has 3 amide bonds. The summed E-state index contributed by atoms with van der Waals surface area (Å²) in [5.74, 6) is -1.55. The van der Waals surface area contributed by atoms with E-state index < -0.39 is 16.7 Å². The van der Waals surface area contributed by atoms with Crippen molar-refractivity contribution in [1.29, 1.82) is 0 Å². The van der Waals surface area contributed by atoms with Gasteiger partial charge in [0, 0.05) is 31.3 Å². The third-order valence-electron chi connectivity index (χ3n) is 5.46. The van der Waals surface area contributed by atoms with Gasteiger partial charge in [-0.25, -0.2) is 0 Å². The molecule has 1 aliphatic rings. The number of benzene rings is 2. The zero-order valence-corrected chi connectivity index (χ0v) is 18.0. The highest BCUT2D eigenvalue weighted by Crippen LogP contribution is 2.29. The van der Waals surface area contributed by atoms with Crippen molar-refractivity contribution in [3.63, 3.8) is 0 Å². The smallest absolute Gasteiger partial charge is 0.270 e. The van der Waals surface area contributed by atoms with Crippen LogP contribution in [0.3, 0.4) is 0 Å². The summed E-state index contributed by atoms with van der Waals surface area (Å²) >= 11 is 0. The predicted octanol–water partition coefficient (Wildman–Crippen LogP) is 3.31. The highest BCUT2D eigenvalue weighted by atomic mass is 16.6. The fraction of sp³-hybridized carbons (Fsp3) is 0.167. The van der Waals surface area contributed by atoms with E-state index in [1.165, 1.54) is 23.1 Å². The van der Waals surface area contributed by atoms with Gasteiger partial charge >= 0.3 is 0 Å². The lowest BCUT2D eigenvalue weighted by Gasteiger charge is -2.24. The van der Waals surface area contributed by atoms with Crippen LogP contribution in [0.4, 0.5) is 11.4 Å². The zero-order chi connectivity index (χ0) is 24.2. The molecule has 0 bridgehead atoms. The Balaban J connectivity index is 1.46. The number of fused-ring (bicyclic) bond motifs is 1. The number of non-ortho nitro benzene ring substituents is 1. The fourth-order valence-corrected chi connectivity index (χ4v) is 3.77. The average molecular weight is 460 g/mol. The van der Waals surface area contributed by atoms with Gasteiger partial charge in [-0.3, -0.25) is 34.4 Å². The maximum atomic E-state index is 13.1. The number of carbonyl (C=O) groups excluding carboxylic acids is 3. The van der Waals surface area contributed by atoms with E-state index in [1.54, 1.807) is 42.6 Å². The molecule has 0 saturated carbocycles. The minimum absolute atomic E-state index is 0.00524. The van der Waals surface area contributed by atoms with Gasteiger partial charge in [-0.1, -0.05) is 18.2 Å². The summed E-state index contributed by atoms with van der Waals surface area (Å²) in [7, 11) is 0. The van der Waals surface area contributed by atoms with E-state index in [2.05, 4.69) is 4.98 Å². The Morgan fingerprint density at radius 3 is 2.47 bits per heavy atom. The van der Waals surface area contributed by atoms with Crippen LogP contribution >= 0.6 is 0 Å². The lowest BCUT2D eigenvalue weighted by molar-refractivity contribution is -0.384. The first-order valence-electron chi connectivity index (χ1n) is 10.5. The Hall–Kier alpha value is -4.60. The standard InChI is InChI=1S/C24H20N4O6/c29-21-8-2-1-7-20(21)27(15-16-6-3-4-12-25-16)22(30)9-5-13-26-23(31)18-11-10-17(28(33)34)14-19(18)24(26)32/h1-4,6-8,10-12,14,29H,5,9,13,15H2. The van der Waals surface area contributed by atoms with Crippen molar-refractivity contribution in [2.24, 2.45) is 0 Å². The molecule has 172 valence electrons. The molecular weight excluding hydrogens is 440 g/mol. The monoisotopic (exact) mass is 460 g/mol. The number of nitro groups is 1. The molecule has 0 aliphatic carbocycles. The number of carbonyl (C=O) groups is 3. The van der Waals surface area contributed by atoms with Crippen LogP contribution in [-0.2, 0) is 11.3 Å². The first-order chi connectivity index (χ1) is 16.4. The Morgan fingerprint density at radius 2 is 1.76 bits per heavy atom. The van der Waals surface area contributed by atoms with Gasteiger partial charge in [0.2, 0.25) is 5.91 Å². The normalized spacial score (nSPS) is 12.5. The van der Waals surface area contributed by atoms with Gasteiger partial charge in [0.25, 0.3) is 17.5 Å². The highest BCUT2D eigenvalue weighted by Gasteiger charge is 2.36. The molecule has 34 heavy (non-hydrogen) atoms. The molecule has 0 unspecified atom stereocenters. The number of amides is 3. The molecule has 0 saturated heterocycles. The molecule has 0 fully saturated rings. The van der Waals surface area contributed by atoms with E-state index >= 15 is 0 Å². The van der Waals surface area contributed by atoms with E-state index in [-0.39, 0.29) is 54.4 Å². The number of hydrogen-bond donors (Lipinski definition) is 1. The number of nitrogens with zero attached hydrogens (tertiary/aromatic N) is 4. The molecule has 0 atom stereocenters. The van der Waals surface area contributed by atoms with Gasteiger partial charge in [-0.05, 0) is 36.8 Å². The van der Waals surface area contributed by atoms with Crippen molar-refractivity contribution in [1.82, 2.24) is 9.88 Å². The van der Waals surface area contributed by atoms with Gasteiger partial charge in [-0.2, -0.15) is 0 Å². The van der Waals surface area contributed by atoms with Crippen LogP contribution in [0.5, 0.6) is 5.75 Å². The van der Waals surface area contributed by atoms with Crippen LogP contribution in [0.25, 0.3) is 0 Å². The molecule has 1 N–H and O–H groups in total. The summed E-state index contributed by atoms with van der Waals surface area (Å²) in [6, 6.07) is 15.3. The number of para-hydroxylation sites is 2. The summed E-state index contributed by atoms with van der Waals surface area (Å²) in [6.45, 7) is 0.109. The van der Waals surface area contributed by atoms with E-state index in [9.17, 15) is 29.6 Å². The van der Waals surface area contributed by atoms with Gasteiger partial charge in [0.05, 0.1) is 34.0 Å². The number of phenols is 1. The van der Waals surface area contributed by atoms with Gasteiger partial charge in [0.15, 0.2) is 0 Å². The first-order valence-corrected chi connectivity index (χ1v) is 10.5. The maximum Gasteiger partial charge on any atom is 0.270 e. The minimum atomic E-state index is -0.630. The van der Waals surface area contributed by atoms with Crippen LogP contribution in [-0.4, -0.2) is 44.2 Å². The van der Waals surface area contributed by atoms with Crippen molar-refractivity contribution < 1.29 is 24.4 Å². The molecule has 0 radical (unpaired) electrons. The molecule has 10 nitrogen and oxygen atoms in total. The number of phenolic OH excluding ortho intramolecular Hbond substituents is 1. The van der Waals surface area contributed by atoms with Crippen LogP contribution < -0.4 is 4.90 Å². The summed E-state index contributed by atoms with van der Waals surface area (Å²) in [6.07, 6.45) is 1.78. The van der Waals surface area contributed by atoms with Crippen LogP contribution in [0.1, 0.15) is 39.3 Å². The van der Waals surface area contributed by atoms with Crippen LogP contribution in [0.2, 0.25) is 0 Å². The Kier molecular flexibility index (Phi) is 6.30. The molecule has 3 aromatic rings. The molecule has 2 aromatic carbocycles. The van der Waals surface area contributed by atoms with Crippen molar-refractivity contribution >= 4 is 29.1 Å². The van der Waals surface area contributed by atoms with E-state index in [4.69, 9.17) is 0 Å². The Labute approximate surface area is 194 Å². The largest absolute Gasteiger partial charge is 0.506 e. The number of pyridine rings is 1. The highest BCUT2D eigenvalue weighted by molar-refractivity contribution is 6.21. The molecule has 0 spiro atoms. The second-order valence-corrected chi connectivity index (χ2v) is 7.64. The van der Waals surface area contributed by atoms with Crippen LogP contribution in [0.15, 0.2) is 66.9 Å². The molecule has 1 aliphatic heterocycles. The summed E-state index contributed by atoms with van der Waals surface area (Å²) in [5, 5.41) is 21.3. The summed E-state index contributed by atoms with van der Waals surface area (Å²) in [5.41, 5.74) is 0.765. The third kappa shape index (κ3) is 4.46. The van der Waals surface area contributed by atoms with Crippen molar-refractivity contribution in [2.75, 3.05) is 11.4 Å². The number of rotatable bonds is 8. The van der Waals surface area contributed by atoms with Crippen molar-refractivity contribution in [2.45, 2.75) is 19.4 Å². The van der Waals surface area contributed by atoms with Crippen LogP contribution in [0, 0.1) is 10.1 Å². The molecule has 2 heterocycles. The number of aromatic hydroxyl groups is 1. The lowest BCUT2D eigenvalue weighted by Crippen LogP contribution is -2.34. The Morgan fingerprint density at radius 1 is 1.03 bits per heavy atom. The third-order valence-corrected chi connectivity index (χ3v) is 5.46. The van der Waals surface area contributed by atoms with E-state index in [0.717, 1.165) is 11.0 Å². The molecular formula is C24H20N4O6. The van der Waals surface area contributed by atoms with Gasteiger partial charge < -0.3 is 10.0 Å². The Bertz CT molecular complexity index is 1280. The van der Waals surface area contributed by atoms with E-state index in [1.807, 2.05) is 0 Å². The lowest BCUT2D eigenvalue weighted by atomic mass is 10.1. The number of anilines is 1. The van der Waals surface area contributed by atoms with Crippen molar-refractivity contribution in [3.05, 3.63) is 93.8 Å². The van der Waals surface area contributed by atoms with Gasteiger partial charge in [-0.15, -0.1) is 0 Å². The fourth-order valence-electron chi connectivity index (χ4n) is 3.77. The number of aromatic nitrogens is 1. The molecule has 10 heteroatoms. The molecule has 4 rings (SSSR count). The average Bonchev–Trinajstić information content (AvgIpc) is 3.08. The van der Waals surface area contributed by atoms with Gasteiger partial charge in [0.1, 0.15) is 5.75 Å². The summed E-state index contributed by atoms with van der Waals surface area (Å²) in [4.78, 5) is 55.3. The quantitative estimate of drug-likeness (QED) is 0.310. The topological polar surface area (TPSA) is 134 Å². The summed E-state index contributed by atoms with van der Waals surface area (Å²) < 4.78 is 0. The van der Waals surface area contributed by atoms with Crippen molar-refractivity contribution in [3.8, 4) is 5.75 Å². The minimum Gasteiger partial charge on any atom is -0.506 e. The maximum absolute atomic E-state index is 13.1.